The number of carbonyl (C=O) groups excluding carboxylic acids is 1. The molecular formula is C10H14N4O3. The van der Waals surface area contributed by atoms with Crippen molar-refractivity contribution in [2.45, 2.75) is 26.2 Å². The molecule has 1 heterocycles. The Morgan fingerprint density at radius 1 is 1.41 bits per heavy atom. The van der Waals surface area contributed by atoms with Crippen LogP contribution in [0, 0.1) is 18.8 Å². The second kappa shape index (κ2) is 4.52. The Morgan fingerprint density at radius 3 is 2.65 bits per heavy atom. The van der Waals surface area contributed by atoms with Gasteiger partial charge in [-0.15, -0.1) is 5.10 Å². The van der Waals surface area contributed by atoms with E-state index in [0.717, 1.165) is 0 Å². The summed E-state index contributed by atoms with van der Waals surface area (Å²) < 4.78 is 0. The summed E-state index contributed by atoms with van der Waals surface area (Å²) in [5, 5.41) is 17.8. The van der Waals surface area contributed by atoms with Crippen LogP contribution in [0.15, 0.2) is 0 Å². The average molecular weight is 238 g/mol. The number of carboxylic acids is 1. The minimum Gasteiger partial charge on any atom is -0.481 e. The molecule has 0 aliphatic heterocycles. The molecule has 1 fully saturated rings. The van der Waals surface area contributed by atoms with Gasteiger partial charge < -0.3 is 5.11 Å². The molecule has 1 saturated carbocycles. The van der Waals surface area contributed by atoms with E-state index in [1.165, 1.54) is 0 Å². The molecule has 0 bridgehead atoms. The zero-order valence-corrected chi connectivity index (χ0v) is 9.43. The number of rotatable bonds is 3. The van der Waals surface area contributed by atoms with Gasteiger partial charge in [0.25, 0.3) is 0 Å². The van der Waals surface area contributed by atoms with Crippen LogP contribution in [-0.2, 0) is 9.59 Å². The number of nitrogens with zero attached hydrogens (tertiary/aromatic N) is 2. The third-order valence-electron chi connectivity index (χ3n) is 2.98. The van der Waals surface area contributed by atoms with Crippen molar-refractivity contribution in [3.63, 3.8) is 0 Å². The molecule has 1 aromatic rings. The maximum atomic E-state index is 11.8. The van der Waals surface area contributed by atoms with Crippen LogP contribution >= 0.6 is 0 Å². The Kier molecular flexibility index (Phi) is 3.08. The highest BCUT2D eigenvalue weighted by Crippen LogP contribution is 2.31. The van der Waals surface area contributed by atoms with E-state index in [1.54, 1.807) is 6.92 Å². The third kappa shape index (κ3) is 2.61. The van der Waals surface area contributed by atoms with Crippen molar-refractivity contribution >= 4 is 17.8 Å². The number of hydrogen-bond acceptors (Lipinski definition) is 4. The first kappa shape index (κ1) is 11.6. The van der Waals surface area contributed by atoms with Crippen LogP contribution in [0.3, 0.4) is 0 Å². The van der Waals surface area contributed by atoms with Crippen molar-refractivity contribution in [1.82, 2.24) is 15.2 Å². The fourth-order valence-corrected chi connectivity index (χ4v) is 2.05. The van der Waals surface area contributed by atoms with Gasteiger partial charge in [0, 0.05) is 5.92 Å². The molecule has 0 radical (unpaired) electrons. The lowest BCUT2D eigenvalue weighted by molar-refractivity contribution is -0.141. The first-order chi connectivity index (χ1) is 8.06. The molecule has 0 aromatic carbocycles. The molecule has 0 saturated heterocycles. The number of anilines is 1. The zero-order valence-electron chi connectivity index (χ0n) is 9.43. The molecule has 7 nitrogen and oxygen atoms in total. The van der Waals surface area contributed by atoms with Gasteiger partial charge in [-0.25, -0.2) is 0 Å². The van der Waals surface area contributed by atoms with E-state index in [2.05, 4.69) is 20.5 Å². The number of hydrogen-bond donors (Lipinski definition) is 3. The quantitative estimate of drug-likeness (QED) is 0.712. The van der Waals surface area contributed by atoms with Crippen molar-refractivity contribution in [1.29, 1.82) is 0 Å². The van der Waals surface area contributed by atoms with Gasteiger partial charge >= 0.3 is 5.97 Å². The largest absolute Gasteiger partial charge is 0.481 e. The fraction of sp³-hybridized carbons (Fsp3) is 0.600. The van der Waals surface area contributed by atoms with Crippen LogP contribution < -0.4 is 5.32 Å². The molecule has 2 unspecified atom stereocenters. The second-order valence-corrected chi connectivity index (χ2v) is 4.28. The third-order valence-corrected chi connectivity index (χ3v) is 2.98. The predicted octanol–water partition coefficient (Wildman–Crippen LogP) is 0.553. The summed E-state index contributed by atoms with van der Waals surface area (Å²) in [4.78, 5) is 26.5. The number of aryl methyl sites for hydroxylation is 1. The van der Waals surface area contributed by atoms with Crippen molar-refractivity contribution in [2.24, 2.45) is 11.8 Å². The van der Waals surface area contributed by atoms with Crippen LogP contribution in [0.5, 0.6) is 0 Å². The van der Waals surface area contributed by atoms with Crippen LogP contribution in [0.25, 0.3) is 0 Å². The van der Waals surface area contributed by atoms with Crippen LogP contribution in [0.2, 0.25) is 0 Å². The van der Waals surface area contributed by atoms with Gasteiger partial charge in [0.15, 0.2) is 0 Å². The lowest BCUT2D eigenvalue weighted by Crippen LogP contribution is -2.22. The van der Waals surface area contributed by atoms with Crippen LogP contribution in [0.4, 0.5) is 5.95 Å². The van der Waals surface area contributed by atoms with Crippen molar-refractivity contribution in [2.75, 3.05) is 5.32 Å². The number of H-pyrrole nitrogens is 1. The minimum absolute atomic E-state index is 0.201. The monoisotopic (exact) mass is 238 g/mol. The number of aromatic nitrogens is 3. The molecule has 1 aliphatic rings. The summed E-state index contributed by atoms with van der Waals surface area (Å²) in [6, 6.07) is 0. The van der Waals surface area contributed by atoms with Gasteiger partial charge in [0.2, 0.25) is 11.9 Å². The number of aliphatic carboxylic acids is 1. The number of carbonyl (C=O) groups is 2. The molecule has 2 atom stereocenters. The Hall–Kier alpha value is -1.92. The van der Waals surface area contributed by atoms with Crippen molar-refractivity contribution in [3.8, 4) is 0 Å². The maximum Gasteiger partial charge on any atom is 0.306 e. The highest BCUT2D eigenvalue weighted by atomic mass is 16.4. The fourth-order valence-electron chi connectivity index (χ4n) is 2.05. The number of carboxylic acid groups (broad SMARTS) is 1. The summed E-state index contributed by atoms with van der Waals surface area (Å²) in [6.45, 7) is 1.73. The molecule has 17 heavy (non-hydrogen) atoms. The van der Waals surface area contributed by atoms with Crippen LogP contribution in [0.1, 0.15) is 25.1 Å². The lowest BCUT2D eigenvalue weighted by Gasteiger charge is -2.07. The van der Waals surface area contributed by atoms with E-state index in [9.17, 15) is 9.59 Å². The molecule has 2 rings (SSSR count). The molecule has 1 aromatic heterocycles. The van der Waals surface area contributed by atoms with E-state index in [4.69, 9.17) is 5.11 Å². The average Bonchev–Trinajstić information content (AvgIpc) is 2.86. The molecule has 1 aliphatic carbocycles. The zero-order chi connectivity index (χ0) is 12.4. The number of nitrogens with one attached hydrogen (secondary N) is 2. The first-order valence-corrected chi connectivity index (χ1v) is 5.49. The Morgan fingerprint density at radius 2 is 2.12 bits per heavy atom. The van der Waals surface area contributed by atoms with E-state index >= 15 is 0 Å². The highest BCUT2D eigenvalue weighted by molar-refractivity contribution is 5.91. The summed E-state index contributed by atoms with van der Waals surface area (Å²) in [5.74, 6) is -0.822. The summed E-state index contributed by atoms with van der Waals surface area (Å²) in [6.07, 6.45) is 1.55. The van der Waals surface area contributed by atoms with Gasteiger partial charge in [-0.2, -0.15) is 4.98 Å². The normalized spacial score (nSPS) is 23.6. The second-order valence-electron chi connectivity index (χ2n) is 4.28. The SMILES string of the molecule is Cc1nc(NC(=O)C2CCC(C(=O)O)C2)n[nH]1. The van der Waals surface area contributed by atoms with Crippen LogP contribution in [-0.4, -0.2) is 32.2 Å². The lowest BCUT2D eigenvalue weighted by atomic mass is 10.0. The topological polar surface area (TPSA) is 108 Å². The van der Waals surface area contributed by atoms with Gasteiger partial charge in [0.05, 0.1) is 5.92 Å². The molecule has 3 N–H and O–H groups in total. The van der Waals surface area contributed by atoms with E-state index < -0.39 is 11.9 Å². The predicted molar refractivity (Wildman–Crippen MR) is 58.2 cm³/mol. The molecule has 1 amide bonds. The van der Waals surface area contributed by atoms with Gasteiger partial charge in [-0.05, 0) is 26.2 Å². The first-order valence-electron chi connectivity index (χ1n) is 5.49. The Balaban J connectivity index is 1.91. The molecular weight excluding hydrogens is 224 g/mol. The standard InChI is InChI=1S/C10H14N4O3/c1-5-11-10(14-13-5)12-8(15)6-2-3-7(4-6)9(16)17/h6-7H,2-4H2,1H3,(H,16,17)(H2,11,12,13,14,15). The number of amides is 1. The Labute approximate surface area is 97.6 Å². The van der Waals surface area contributed by atoms with Crippen molar-refractivity contribution < 1.29 is 14.7 Å². The number of aromatic amines is 1. The molecule has 0 spiro atoms. The Bertz CT molecular complexity index is 443. The highest BCUT2D eigenvalue weighted by Gasteiger charge is 2.34. The molecule has 92 valence electrons. The van der Waals surface area contributed by atoms with E-state index in [-0.39, 0.29) is 17.8 Å². The maximum absolute atomic E-state index is 11.8. The summed E-state index contributed by atoms with van der Waals surface area (Å²) in [7, 11) is 0. The van der Waals surface area contributed by atoms with Gasteiger partial charge in [0.1, 0.15) is 5.82 Å². The van der Waals surface area contributed by atoms with Gasteiger partial charge in [-0.3, -0.25) is 20.0 Å². The molecule has 7 heteroatoms. The summed E-state index contributed by atoms with van der Waals surface area (Å²) in [5.41, 5.74) is 0. The smallest absolute Gasteiger partial charge is 0.306 e. The van der Waals surface area contributed by atoms with E-state index in [0.29, 0.717) is 25.1 Å². The van der Waals surface area contributed by atoms with E-state index in [1.807, 2.05) is 0 Å². The summed E-state index contributed by atoms with van der Waals surface area (Å²) >= 11 is 0. The minimum atomic E-state index is -0.825. The van der Waals surface area contributed by atoms with Crippen molar-refractivity contribution in [3.05, 3.63) is 5.82 Å². The van der Waals surface area contributed by atoms with Gasteiger partial charge in [-0.1, -0.05) is 0 Å².